The van der Waals surface area contributed by atoms with Crippen LogP contribution >= 0.6 is 11.3 Å². The van der Waals surface area contributed by atoms with Crippen LogP contribution in [0.3, 0.4) is 0 Å². The third-order valence-electron chi connectivity index (χ3n) is 4.79. The fraction of sp³-hybridized carbons (Fsp3) is 0.368. The number of nitrogens with zero attached hydrogens (tertiary/aromatic N) is 3. The molecule has 1 unspecified atom stereocenters. The second-order valence-electron chi connectivity index (χ2n) is 6.44. The number of para-hydroxylation sites is 2. The number of amides is 1. The van der Waals surface area contributed by atoms with Gasteiger partial charge in [-0.05, 0) is 49.5 Å². The lowest BCUT2D eigenvalue weighted by atomic mass is 10.2. The number of aromatic nitrogens is 2. The summed E-state index contributed by atoms with van der Waals surface area (Å²) in [4.78, 5) is 20.6. The van der Waals surface area contributed by atoms with E-state index in [0.29, 0.717) is 13.1 Å². The normalized spacial score (nSPS) is 16.3. The lowest BCUT2D eigenvalue weighted by Gasteiger charge is -2.27. The van der Waals surface area contributed by atoms with Crippen molar-refractivity contribution in [1.82, 2.24) is 19.8 Å². The lowest BCUT2D eigenvalue weighted by molar-refractivity contribution is -0.121. The summed E-state index contributed by atoms with van der Waals surface area (Å²) in [6.45, 7) is 3.19. The van der Waals surface area contributed by atoms with Gasteiger partial charge in [0.25, 0.3) is 0 Å². The van der Waals surface area contributed by atoms with Crippen molar-refractivity contribution in [2.45, 2.75) is 25.4 Å². The average molecular weight is 354 g/mol. The maximum atomic E-state index is 12.5. The van der Waals surface area contributed by atoms with Crippen molar-refractivity contribution in [2.75, 3.05) is 19.6 Å². The van der Waals surface area contributed by atoms with Crippen LogP contribution in [0.4, 0.5) is 0 Å². The van der Waals surface area contributed by atoms with Gasteiger partial charge in [0.05, 0.1) is 23.4 Å². The maximum absolute atomic E-state index is 12.5. The summed E-state index contributed by atoms with van der Waals surface area (Å²) in [6.07, 6.45) is 4.23. The average Bonchev–Trinajstić information content (AvgIpc) is 3.38. The van der Waals surface area contributed by atoms with E-state index in [9.17, 15) is 4.79 Å². The Morgan fingerprint density at radius 3 is 2.84 bits per heavy atom. The number of benzene rings is 1. The second kappa shape index (κ2) is 7.37. The van der Waals surface area contributed by atoms with Gasteiger partial charge in [-0.3, -0.25) is 9.69 Å². The number of rotatable bonds is 6. The first kappa shape index (κ1) is 16.3. The van der Waals surface area contributed by atoms with Gasteiger partial charge in [-0.15, -0.1) is 11.3 Å². The van der Waals surface area contributed by atoms with Crippen molar-refractivity contribution >= 4 is 28.3 Å². The Morgan fingerprint density at radius 2 is 2.04 bits per heavy atom. The molecule has 1 amide bonds. The van der Waals surface area contributed by atoms with Crippen LogP contribution in [0.2, 0.25) is 0 Å². The Kier molecular flexibility index (Phi) is 4.81. The second-order valence-corrected chi connectivity index (χ2v) is 7.42. The molecule has 3 heterocycles. The van der Waals surface area contributed by atoms with Crippen LogP contribution in [0.25, 0.3) is 11.0 Å². The van der Waals surface area contributed by atoms with Gasteiger partial charge in [0, 0.05) is 11.4 Å². The lowest BCUT2D eigenvalue weighted by Crippen LogP contribution is -2.37. The molecule has 1 N–H and O–H groups in total. The van der Waals surface area contributed by atoms with Gasteiger partial charge < -0.3 is 9.88 Å². The minimum absolute atomic E-state index is 0.0314. The van der Waals surface area contributed by atoms with Gasteiger partial charge in [-0.1, -0.05) is 18.2 Å². The molecular weight excluding hydrogens is 332 g/mol. The number of nitrogens with one attached hydrogen (secondary N) is 1. The van der Waals surface area contributed by atoms with Crippen LogP contribution in [-0.4, -0.2) is 40.0 Å². The Hall–Kier alpha value is -2.18. The van der Waals surface area contributed by atoms with Crippen LogP contribution in [0.15, 0.2) is 48.1 Å². The van der Waals surface area contributed by atoms with Crippen molar-refractivity contribution < 1.29 is 4.79 Å². The number of carbonyl (C=O) groups excluding carboxylic acids is 1. The molecule has 1 fully saturated rings. The molecule has 1 atom stereocenters. The molecule has 2 aromatic heterocycles. The van der Waals surface area contributed by atoms with Gasteiger partial charge in [0.15, 0.2) is 0 Å². The molecule has 0 bridgehead atoms. The zero-order valence-electron chi connectivity index (χ0n) is 14.1. The Labute approximate surface area is 151 Å². The van der Waals surface area contributed by atoms with E-state index < -0.39 is 0 Å². The molecule has 3 aromatic rings. The van der Waals surface area contributed by atoms with Gasteiger partial charge in [0.2, 0.25) is 5.91 Å². The SMILES string of the molecule is O=C(Cn1cnc2ccccc21)NCC(c1cccs1)N1CCCC1. The van der Waals surface area contributed by atoms with Crippen molar-refractivity contribution in [1.29, 1.82) is 0 Å². The summed E-state index contributed by atoms with van der Waals surface area (Å²) >= 11 is 1.77. The zero-order chi connectivity index (χ0) is 17.1. The van der Waals surface area contributed by atoms with Gasteiger partial charge in [-0.2, -0.15) is 0 Å². The van der Waals surface area contributed by atoms with Crippen LogP contribution in [0.5, 0.6) is 0 Å². The highest BCUT2D eigenvalue weighted by molar-refractivity contribution is 7.10. The van der Waals surface area contributed by atoms with Crippen molar-refractivity contribution in [2.24, 2.45) is 0 Å². The largest absolute Gasteiger partial charge is 0.353 e. The van der Waals surface area contributed by atoms with E-state index in [1.165, 1.54) is 17.7 Å². The molecule has 0 radical (unpaired) electrons. The third kappa shape index (κ3) is 3.60. The fourth-order valence-corrected chi connectivity index (χ4v) is 4.36. The molecular formula is C19H22N4OS. The predicted molar refractivity (Wildman–Crippen MR) is 101 cm³/mol. The standard InChI is InChI=1S/C19H22N4OS/c24-19(13-23-14-21-15-6-1-2-7-16(15)23)20-12-17(18-8-5-11-25-18)22-9-3-4-10-22/h1-2,5-8,11,14,17H,3-4,9-10,12-13H2,(H,20,24). The van der Waals surface area contributed by atoms with Crippen LogP contribution in [-0.2, 0) is 11.3 Å². The smallest absolute Gasteiger partial charge is 0.240 e. The summed E-state index contributed by atoms with van der Waals surface area (Å²) in [5.41, 5.74) is 1.91. The maximum Gasteiger partial charge on any atom is 0.240 e. The number of hydrogen-bond acceptors (Lipinski definition) is 4. The Morgan fingerprint density at radius 1 is 1.20 bits per heavy atom. The molecule has 0 spiro atoms. The predicted octanol–water partition coefficient (Wildman–Crippen LogP) is 3.05. The highest BCUT2D eigenvalue weighted by atomic mass is 32.1. The van der Waals surface area contributed by atoms with Gasteiger partial charge in [-0.25, -0.2) is 4.98 Å². The molecule has 1 saturated heterocycles. The zero-order valence-corrected chi connectivity index (χ0v) is 14.9. The van der Waals surface area contributed by atoms with Crippen molar-refractivity contribution in [3.63, 3.8) is 0 Å². The minimum atomic E-state index is 0.0314. The van der Waals surface area contributed by atoms with E-state index in [1.807, 2.05) is 28.8 Å². The molecule has 1 aliphatic heterocycles. The molecule has 4 rings (SSSR count). The van der Waals surface area contributed by atoms with E-state index >= 15 is 0 Å². The van der Waals surface area contributed by atoms with E-state index in [1.54, 1.807) is 17.7 Å². The molecule has 0 aliphatic carbocycles. The van der Waals surface area contributed by atoms with E-state index in [0.717, 1.165) is 24.1 Å². The number of imidazole rings is 1. The van der Waals surface area contributed by atoms with Crippen molar-refractivity contribution in [3.05, 3.63) is 53.0 Å². The summed E-state index contributed by atoms with van der Waals surface area (Å²) in [7, 11) is 0. The highest BCUT2D eigenvalue weighted by Crippen LogP contribution is 2.27. The van der Waals surface area contributed by atoms with E-state index in [2.05, 4.69) is 32.7 Å². The first-order chi connectivity index (χ1) is 12.3. The Balaban J connectivity index is 1.41. The molecule has 25 heavy (non-hydrogen) atoms. The molecule has 1 aromatic carbocycles. The van der Waals surface area contributed by atoms with Crippen LogP contribution in [0.1, 0.15) is 23.8 Å². The number of likely N-dealkylation sites (tertiary alicyclic amines) is 1. The quantitative estimate of drug-likeness (QED) is 0.740. The number of fused-ring (bicyclic) bond motifs is 1. The summed E-state index contributed by atoms with van der Waals surface area (Å²) in [6, 6.07) is 12.4. The topological polar surface area (TPSA) is 50.2 Å². The van der Waals surface area contributed by atoms with Crippen molar-refractivity contribution in [3.8, 4) is 0 Å². The summed E-state index contributed by atoms with van der Waals surface area (Å²) < 4.78 is 1.90. The Bertz CT molecular complexity index is 836. The third-order valence-corrected chi connectivity index (χ3v) is 5.76. The molecule has 1 aliphatic rings. The minimum Gasteiger partial charge on any atom is -0.353 e. The first-order valence-electron chi connectivity index (χ1n) is 8.75. The molecule has 6 heteroatoms. The molecule has 0 saturated carbocycles. The van der Waals surface area contributed by atoms with Crippen LogP contribution < -0.4 is 5.32 Å². The fourth-order valence-electron chi connectivity index (χ4n) is 3.50. The summed E-state index contributed by atoms with van der Waals surface area (Å²) in [5, 5.41) is 5.24. The van der Waals surface area contributed by atoms with E-state index in [-0.39, 0.29) is 11.9 Å². The molecule has 130 valence electrons. The molecule has 5 nitrogen and oxygen atoms in total. The number of hydrogen-bond donors (Lipinski definition) is 1. The highest BCUT2D eigenvalue weighted by Gasteiger charge is 2.24. The monoisotopic (exact) mass is 354 g/mol. The number of carbonyl (C=O) groups is 1. The number of thiophene rings is 1. The summed E-state index contributed by atoms with van der Waals surface area (Å²) in [5.74, 6) is 0.0314. The van der Waals surface area contributed by atoms with Gasteiger partial charge in [0.1, 0.15) is 6.54 Å². The first-order valence-corrected chi connectivity index (χ1v) is 9.63. The van der Waals surface area contributed by atoms with Crippen LogP contribution in [0, 0.1) is 0 Å². The van der Waals surface area contributed by atoms with Gasteiger partial charge >= 0.3 is 0 Å². The van der Waals surface area contributed by atoms with E-state index in [4.69, 9.17) is 0 Å².